The molecule has 21 heavy (non-hydrogen) atoms. The smallest absolute Gasteiger partial charge is 0.130 e. The molecule has 0 amide bonds. The summed E-state index contributed by atoms with van der Waals surface area (Å²) in [5.74, 6) is 0.877. The van der Waals surface area contributed by atoms with Crippen molar-refractivity contribution in [1.29, 1.82) is 0 Å². The van der Waals surface area contributed by atoms with Gasteiger partial charge in [-0.3, -0.25) is 4.98 Å². The van der Waals surface area contributed by atoms with Crippen LogP contribution in [-0.4, -0.2) is 11.5 Å². The molecule has 0 bridgehead atoms. The average Bonchev–Trinajstić information content (AvgIpc) is 2.47. The standard InChI is InChI=1S/C16H18Br2N2O/c1-3-19-11(2)15-7-5-12(17)8-16(15)21-10-14-6-4-13(18)9-20-14/h4-9,11,19H,3,10H2,1-2H3. The number of ether oxygens (including phenoxy) is 1. The highest BCUT2D eigenvalue weighted by Gasteiger charge is 2.11. The molecule has 0 saturated carbocycles. The molecule has 3 nitrogen and oxygen atoms in total. The summed E-state index contributed by atoms with van der Waals surface area (Å²) >= 11 is 6.88. The van der Waals surface area contributed by atoms with Gasteiger partial charge < -0.3 is 10.1 Å². The van der Waals surface area contributed by atoms with E-state index in [1.54, 1.807) is 6.20 Å². The van der Waals surface area contributed by atoms with Crippen LogP contribution in [0.25, 0.3) is 0 Å². The van der Waals surface area contributed by atoms with Gasteiger partial charge in [-0.05, 0) is 53.7 Å². The number of benzene rings is 1. The quantitative estimate of drug-likeness (QED) is 0.734. The molecule has 0 saturated heterocycles. The van der Waals surface area contributed by atoms with Crippen molar-refractivity contribution in [2.45, 2.75) is 26.5 Å². The predicted octanol–water partition coefficient (Wildman–Crippen LogP) is 4.86. The molecule has 0 fully saturated rings. The monoisotopic (exact) mass is 412 g/mol. The van der Waals surface area contributed by atoms with E-state index < -0.39 is 0 Å². The maximum atomic E-state index is 5.96. The van der Waals surface area contributed by atoms with E-state index in [4.69, 9.17) is 4.74 Å². The van der Waals surface area contributed by atoms with E-state index in [9.17, 15) is 0 Å². The summed E-state index contributed by atoms with van der Waals surface area (Å²) < 4.78 is 7.94. The van der Waals surface area contributed by atoms with Crippen LogP contribution < -0.4 is 10.1 Å². The van der Waals surface area contributed by atoms with Crippen molar-refractivity contribution in [1.82, 2.24) is 10.3 Å². The summed E-state index contributed by atoms with van der Waals surface area (Å²) in [6.07, 6.45) is 1.78. The van der Waals surface area contributed by atoms with E-state index in [1.807, 2.05) is 24.3 Å². The van der Waals surface area contributed by atoms with Gasteiger partial charge in [0.2, 0.25) is 0 Å². The van der Waals surface area contributed by atoms with Crippen molar-refractivity contribution in [3.63, 3.8) is 0 Å². The van der Waals surface area contributed by atoms with Gasteiger partial charge in [-0.15, -0.1) is 0 Å². The van der Waals surface area contributed by atoms with Crippen molar-refractivity contribution in [2.75, 3.05) is 6.54 Å². The lowest BCUT2D eigenvalue weighted by Gasteiger charge is -2.18. The molecular weight excluding hydrogens is 396 g/mol. The molecule has 1 atom stereocenters. The van der Waals surface area contributed by atoms with Crippen molar-refractivity contribution in [3.05, 3.63) is 56.7 Å². The Morgan fingerprint density at radius 3 is 2.62 bits per heavy atom. The first-order valence-corrected chi connectivity index (χ1v) is 8.44. The molecule has 0 aliphatic rings. The SMILES string of the molecule is CCNC(C)c1ccc(Br)cc1OCc1ccc(Br)cn1. The minimum absolute atomic E-state index is 0.246. The Morgan fingerprint density at radius 1 is 1.19 bits per heavy atom. The topological polar surface area (TPSA) is 34.1 Å². The van der Waals surface area contributed by atoms with Gasteiger partial charge in [-0.25, -0.2) is 0 Å². The van der Waals surface area contributed by atoms with Crippen LogP contribution in [-0.2, 0) is 6.61 Å². The molecule has 1 N–H and O–H groups in total. The Morgan fingerprint density at radius 2 is 1.95 bits per heavy atom. The largest absolute Gasteiger partial charge is 0.487 e. The van der Waals surface area contributed by atoms with Gasteiger partial charge in [0.15, 0.2) is 0 Å². The van der Waals surface area contributed by atoms with Gasteiger partial charge in [0, 0.05) is 26.7 Å². The van der Waals surface area contributed by atoms with Crippen LogP contribution in [0.3, 0.4) is 0 Å². The average molecular weight is 414 g/mol. The van der Waals surface area contributed by atoms with E-state index in [2.05, 4.69) is 62.1 Å². The molecular formula is C16H18Br2N2O. The van der Waals surface area contributed by atoms with Crippen LogP contribution in [0.1, 0.15) is 31.1 Å². The second kappa shape index (κ2) is 7.92. The first-order valence-electron chi connectivity index (χ1n) is 6.86. The molecule has 1 unspecified atom stereocenters. The highest BCUT2D eigenvalue weighted by Crippen LogP contribution is 2.29. The molecule has 2 rings (SSSR count). The number of halogens is 2. The number of rotatable bonds is 6. The molecule has 0 radical (unpaired) electrons. The number of aromatic nitrogens is 1. The summed E-state index contributed by atoms with van der Waals surface area (Å²) in [5.41, 5.74) is 2.05. The molecule has 0 spiro atoms. The lowest BCUT2D eigenvalue weighted by molar-refractivity contribution is 0.295. The first kappa shape index (κ1) is 16.5. The van der Waals surface area contributed by atoms with Crippen LogP contribution in [0.4, 0.5) is 0 Å². The summed E-state index contributed by atoms with van der Waals surface area (Å²) in [5, 5.41) is 3.41. The molecule has 112 valence electrons. The number of nitrogens with one attached hydrogen (secondary N) is 1. The van der Waals surface area contributed by atoms with E-state index >= 15 is 0 Å². The summed E-state index contributed by atoms with van der Waals surface area (Å²) in [7, 11) is 0. The highest BCUT2D eigenvalue weighted by atomic mass is 79.9. The third-order valence-electron chi connectivity index (χ3n) is 3.12. The van der Waals surface area contributed by atoms with Gasteiger partial charge >= 0.3 is 0 Å². The Labute approximate surface area is 142 Å². The summed E-state index contributed by atoms with van der Waals surface area (Å²) in [6, 6.07) is 10.3. The number of hydrogen-bond acceptors (Lipinski definition) is 3. The maximum absolute atomic E-state index is 5.96. The molecule has 0 aliphatic heterocycles. The second-order valence-corrected chi connectivity index (χ2v) is 6.55. The minimum atomic E-state index is 0.246. The van der Waals surface area contributed by atoms with E-state index in [1.165, 1.54) is 0 Å². The Bertz CT molecular complexity index is 587. The van der Waals surface area contributed by atoms with Crippen LogP contribution in [0.2, 0.25) is 0 Å². The predicted molar refractivity (Wildman–Crippen MR) is 92.5 cm³/mol. The fourth-order valence-corrected chi connectivity index (χ4v) is 2.63. The zero-order valence-corrected chi connectivity index (χ0v) is 15.2. The van der Waals surface area contributed by atoms with Gasteiger partial charge in [-0.1, -0.05) is 28.9 Å². The molecule has 0 aliphatic carbocycles. The third-order valence-corrected chi connectivity index (χ3v) is 4.08. The molecule has 1 aromatic heterocycles. The van der Waals surface area contributed by atoms with E-state index in [0.29, 0.717) is 6.61 Å². The molecule has 2 aromatic rings. The summed E-state index contributed by atoms with van der Waals surface area (Å²) in [4.78, 5) is 4.33. The lowest BCUT2D eigenvalue weighted by atomic mass is 10.1. The highest BCUT2D eigenvalue weighted by molar-refractivity contribution is 9.10. The van der Waals surface area contributed by atoms with Crippen molar-refractivity contribution >= 4 is 31.9 Å². The van der Waals surface area contributed by atoms with Crippen LogP contribution in [0.5, 0.6) is 5.75 Å². The Kier molecular flexibility index (Phi) is 6.21. The Balaban J connectivity index is 2.14. The van der Waals surface area contributed by atoms with Gasteiger partial charge in [0.1, 0.15) is 12.4 Å². The van der Waals surface area contributed by atoms with Crippen LogP contribution in [0, 0.1) is 0 Å². The second-order valence-electron chi connectivity index (χ2n) is 4.72. The normalized spacial score (nSPS) is 12.2. The van der Waals surface area contributed by atoms with Gasteiger partial charge in [0.25, 0.3) is 0 Å². The number of hydrogen-bond donors (Lipinski definition) is 1. The zero-order chi connectivity index (χ0) is 15.2. The van der Waals surface area contributed by atoms with E-state index in [-0.39, 0.29) is 6.04 Å². The van der Waals surface area contributed by atoms with Crippen molar-refractivity contribution < 1.29 is 4.74 Å². The van der Waals surface area contributed by atoms with Crippen LogP contribution in [0.15, 0.2) is 45.5 Å². The minimum Gasteiger partial charge on any atom is -0.487 e. The van der Waals surface area contributed by atoms with Crippen molar-refractivity contribution in [3.8, 4) is 5.75 Å². The number of nitrogens with zero attached hydrogens (tertiary/aromatic N) is 1. The lowest BCUT2D eigenvalue weighted by Crippen LogP contribution is -2.18. The van der Waals surface area contributed by atoms with Gasteiger partial charge in [-0.2, -0.15) is 0 Å². The van der Waals surface area contributed by atoms with E-state index in [0.717, 1.165) is 32.5 Å². The maximum Gasteiger partial charge on any atom is 0.130 e. The molecule has 1 aromatic carbocycles. The number of pyridine rings is 1. The first-order chi connectivity index (χ1) is 10.1. The zero-order valence-electron chi connectivity index (χ0n) is 12.1. The van der Waals surface area contributed by atoms with Crippen LogP contribution >= 0.6 is 31.9 Å². The fourth-order valence-electron chi connectivity index (χ4n) is 2.05. The third kappa shape index (κ3) is 4.80. The molecule has 1 heterocycles. The van der Waals surface area contributed by atoms with Crippen molar-refractivity contribution in [2.24, 2.45) is 0 Å². The molecule has 5 heteroatoms. The fraction of sp³-hybridized carbons (Fsp3) is 0.312. The van der Waals surface area contributed by atoms with Gasteiger partial charge in [0.05, 0.1) is 5.69 Å². The summed E-state index contributed by atoms with van der Waals surface area (Å²) in [6.45, 7) is 5.61. The Hall–Kier alpha value is -0.910.